The van der Waals surface area contributed by atoms with Gasteiger partial charge in [0.1, 0.15) is 0 Å². The van der Waals surface area contributed by atoms with Crippen LogP contribution >= 0.6 is 11.6 Å². The van der Waals surface area contributed by atoms with Crippen molar-refractivity contribution in [2.75, 3.05) is 20.3 Å². The van der Waals surface area contributed by atoms with Crippen molar-refractivity contribution < 1.29 is 4.74 Å². The lowest BCUT2D eigenvalue weighted by molar-refractivity contribution is 0.197. The Morgan fingerprint density at radius 1 is 1.39 bits per heavy atom. The summed E-state index contributed by atoms with van der Waals surface area (Å²) in [4.78, 5) is 4.30. The Morgan fingerprint density at radius 3 is 3.11 bits per heavy atom. The molecule has 0 aliphatic rings. The number of hydrogen-bond donors (Lipinski definition) is 1. The van der Waals surface area contributed by atoms with Gasteiger partial charge in [0.15, 0.2) is 0 Å². The second-order valence-electron chi connectivity index (χ2n) is 4.21. The van der Waals surface area contributed by atoms with E-state index in [0.29, 0.717) is 6.61 Å². The van der Waals surface area contributed by atoms with Crippen molar-refractivity contribution in [2.45, 2.75) is 11.9 Å². The van der Waals surface area contributed by atoms with Gasteiger partial charge < -0.3 is 10.1 Å². The maximum Gasteiger partial charge on any atom is 0.0702 e. The number of alkyl halides is 1. The second-order valence-corrected chi connectivity index (χ2v) is 4.83. The van der Waals surface area contributed by atoms with Crippen LogP contribution in [0, 0.1) is 0 Å². The van der Waals surface area contributed by atoms with Gasteiger partial charge in [0.05, 0.1) is 17.5 Å². The molecule has 1 aromatic carbocycles. The van der Waals surface area contributed by atoms with Gasteiger partial charge in [-0.3, -0.25) is 4.98 Å². The van der Waals surface area contributed by atoms with Crippen molar-refractivity contribution in [1.29, 1.82) is 0 Å². The highest BCUT2D eigenvalue weighted by Crippen LogP contribution is 2.13. The molecule has 1 N–H and O–H groups in total. The standard InChI is InChI=1S/C14H17ClN2O/c1-18-10-13(15)9-16-8-11-4-5-14-12(7-11)3-2-6-17-14/h2-7,13,16H,8-10H2,1H3. The molecule has 0 fully saturated rings. The first kappa shape index (κ1) is 13.3. The van der Waals surface area contributed by atoms with Gasteiger partial charge in [-0.2, -0.15) is 0 Å². The topological polar surface area (TPSA) is 34.1 Å². The van der Waals surface area contributed by atoms with E-state index in [1.165, 1.54) is 5.56 Å². The molecule has 0 aliphatic carbocycles. The SMILES string of the molecule is COCC(Cl)CNCc1ccc2ncccc2c1. The highest BCUT2D eigenvalue weighted by atomic mass is 35.5. The average Bonchev–Trinajstić information content (AvgIpc) is 2.39. The second kappa shape index (κ2) is 6.69. The fourth-order valence-electron chi connectivity index (χ4n) is 1.85. The Balaban J connectivity index is 1.91. The summed E-state index contributed by atoms with van der Waals surface area (Å²) in [5.41, 5.74) is 2.26. The predicted molar refractivity (Wildman–Crippen MR) is 75.0 cm³/mol. The van der Waals surface area contributed by atoms with Crippen molar-refractivity contribution in [3.63, 3.8) is 0 Å². The highest BCUT2D eigenvalue weighted by Gasteiger charge is 2.03. The molecule has 1 aromatic heterocycles. The number of hydrogen-bond acceptors (Lipinski definition) is 3. The van der Waals surface area contributed by atoms with Gasteiger partial charge in [-0.25, -0.2) is 0 Å². The lowest BCUT2D eigenvalue weighted by atomic mass is 10.1. The summed E-state index contributed by atoms with van der Waals surface area (Å²) in [6.07, 6.45) is 1.81. The van der Waals surface area contributed by atoms with Gasteiger partial charge in [0.25, 0.3) is 0 Å². The van der Waals surface area contributed by atoms with Gasteiger partial charge in [0, 0.05) is 31.8 Å². The minimum Gasteiger partial charge on any atom is -0.383 e. The minimum atomic E-state index is 0.0112. The zero-order valence-electron chi connectivity index (χ0n) is 10.4. The van der Waals surface area contributed by atoms with Crippen LogP contribution in [0.2, 0.25) is 0 Å². The van der Waals surface area contributed by atoms with Crippen LogP contribution in [-0.2, 0) is 11.3 Å². The number of rotatable bonds is 6. The molecule has 4 heteroatoms. The van der Waals surface area contributed by atoms with E-state index in [1.807, 2.05) is 18.3 Å². The van der Waals surface area contributed by atoms with Crippen molar-refractivity contribution in [3.05, 3.63) is 42.1 Å². The Labute approximate surface area is 112 Å². The summed E-state index contributed by atoms with van der Waals surface area (Å²) < 4.78 is 4.98. The van der Waals surface area contributed by atoms with Crippen LogP contribution in [0.5, 0.6) is 0 Å². The fraction of sp³-hybridized carbons (Fsp3) is 0.357. The first-order valence-corrected chi connectivity index (χ1v) is 6.40. The number of fused-ring (bicyclic) bond motifs is 1. The molecule has 1 unspecified atom stereocenters. The van der Waals surface area contributed by atoms with E-state index in [9.17, 15) is 0 Å². The molecule has 2 rings (SSSR count). The van der Waals surface area contributed by atoms with Crippen LogP contribution in [-0.4, -0.2) is 30.6 Å². The molecule has 18 heavy (non-hydrogen) atoms. The van der Waals surface area contributed by atoms with E-state index in [0.717, 1.165) is 24.0 Å². The van der Waals surface area contributed by atoms with Crippen LogP contribution < -0.4 is 5.32 Å². The normalized spacial score (nSPS) is 12.8. The molecule has 0 radical (unpaired) electrons. The Morgan fingerprint density at radius 2 is 2.28 bits per heavy atom. The van der Waals surface area contributed by atoms with E-state index < -0.39 is 0 Å². The van der Waals surface area contributed by atoms with Gasteiger partial charge in [0.2, 0.25) is 0 Å². The molecule has 0 saturated heterocycles. The van der Waals surface area contributed by atoms with Crippen molar-refractivity contribution in [1.82, 2.24) is 10.3 Å². The lowest BCUT2D eigenvalue weighted by Gasteiger charge is -2.10. The molecule has 1 atom stereocenters. The van der Waals surface area contributed by atoms with Gasteiger partial charge in [-0.15, -0.1) is 11.6 Å². The average molecular weight is 265 g/mol. The zero-order chi connectivity index (χ0) is 12.8. The Kier molecular flexibility index (Phi) is 4.93. The van der Waals surface area contributed by atoms with Crippen LogP contribution in [0.4, 0.5) is 0 Å². The van der Waals surface area contributed by atoms with Crippen molar-refractivity contribution >= 4 is 22.5 Å². The summed E-state index contributed by atoms with van der Waals surface area (Å²) in [6, 6.07) is 10.3. The highest BCUT2D eigenvalue weighted by molar-refractivity contribution is 6.20. The third-order valence-electron chi connectivity index (χ3n) is 2.71. The molecule has 1 heterocycles. The van der Waals surface area contributed by atoms with E-state index in [2.05, 4.69) is 28.5 Å². The van der Waals surface area contributed by atoms with Crippen LogP contribution in [0.1, 0.15) is 5.56 Å². The van der Waals surface area contributed by atoms with Gasteiger partial charge in [-0.05, 0) is 23.8 Å². The number of ether oxygens (including phenoxy) is 1. The first-order valence-electron chi connectivity index (χ1n) is 5.97. The quantitative estimate of drug-likeness (QED) is 0.815. The maximum absolute atomic E-state index is 6.04. The molecule has 2 aromatic rings. The van der Waals surface area contributed by atoms with E-state index in [4.69, 9.17) is 16.3 Å². The van der Waals surface area contributed by atoms with Gasteiger partial charge in [-0.1, -0.05) is 12.1 Å². The van der Waals surface area contributed by atoms with E-state index >= 15 is 0 Å². The van der Waals surface area contributed by atoms with Crippen molar-refractivity contribution in [3.8, 4) is 0 Å². The number of aromatic nitrogens is 1. The van der Waals surface area contributed by atoms with E-state index in [1.54, 1.807) is 7.11 Å². The Bertz CT molecular complexity index is 504. The van der Waals surface area contributed by atoms with Crippen molar-refractivity contribution in [2.24, 2.45) is 0 Å². The summed E-state index contributed by atoms with van der Waals surface area (Å²) >= 11 is 6.04. The smallest absolute Gasteiger partial charge is 0.0702 e. The molecular weight excluding hydrogens is 248 g/mol. The van der Waals surface area contributed by atoms with Gasteiger partial charge >= 0.3 is 0 Å². The largest absolute Gasteiger partial charge is 0.383 e. The number of nitrogens with one attached hydrogen (secondary N) is 1. The Hall–Kier alpha value is -1.16. The fourth-order valence-corrected chi connectivity index (χ4v) is 2.08. The van der Waals surface area contributed by atoms with E-state index in [-0.39, 0.29) is 5.38 Å². The number of methoxy groups -OCH3 is 1. The summed E-state index contributed by atoms with van der Waals surface area (Å²) in [5.74, 6) is 0. The molecule has 0 amide bonds. The van der Waals surface area contributed by atoms with Crippen LogP contribution in [0.3, 0.4) is 0 Å². The number of nitrogens with zero attached hydrogens (tertiary/aromatic N) is 1. The summed E-state index contributed by atoms with van der Waals surface area (Å²) in [5, 5.41) is 4.49. The predicted octanol–water partition coefficient (Wildman–Crippen LogP) is 2.58. The molecular formula is C14H17ClN2O. The molecule has 0 saturated carbocycles. The maximum atomic E-state index is 6.04. The minimum absolute atomic E-state index is 0.0112. The number of pyridine rings is 1. The van der Waals surface area contributed by atoms with Crippen LogP contribution in [0.25, 0.3) is 10.9 Å². The third kappa shape index (κ3) is 3.67. The number of halogens is 1. The molecule has 0 bridgehead atoms. The summed E-state index contributed by atoms with van der Waals surface area (Å²) in [6.45, 7) is 2.11. The van der Waals surface area contributed by atoms with Crippen LogP contribution in [0.15, 0.2) is 36.5 Å². The molecule has 96 valence electrons. The third-order valence-corrected chi connectivity index (χ3v) is 2.99. The molecule has 0 spiro atoms. The molecule has 0 aliphatic heterocycles. The number of benzene rings is 1. The zero-order valence-corrected chi connectivity index (χ0v) is 11.2. The summed E-state index contributed by atoms with van der Waals surface area (Å²) in [7, 11) is 1.66. The molecule has 3 nitrogen and oxygen atoms in total. The first-order chi connectivity index (χ1) is 8.79. The monoisotopic (exact) mass is 264 g/mol. The lowest BCUT2D eigenvalue weighted by Crippen LogP contribution is -2.25.